The molecule has 1 aromatic heterocycles. The van der Waals surface area contributed by atoms with Gasteiger partial charge in [0, 0.05) is 44.4 Å². The van der Waals surface area contributed by atoms with Crippen LogP contribution in [0.5, 0.6) is 11.5 Å². The van der Waals surface area contributed by atoms with Gasteiger partial charge >= 0.3 is 0 Å². The summed E-state index contributed by atoms with van der Waals surface area (Å²) in [5, 5.41) is 19.1. The third kappa shape index (κ3) is 5.29. The van der Waals surface area contributed by atoms with Crippen LogP contribution >= 0.6 is 0 Å². The number of nitrogens with zero attached hydrogens (tertiary/aromatic N) is 3. The molecule has 0 bridgehead atoms. The Bertz CT molecular complexity index is 1100. The highest BCUT2D eigenvalue weighted by Gasteiger charge is 2.46. The van der Waals surface area contributed by atoms with Crippen molar-refractivity contribution in [3.63, 3.8) is 0 Å². The summed E-state index contributed by atoms with van der Waals surface area (Å²) >= 11 is 0. The van der Waals surface area contributed by atoms with Crippen molar-refractivity contribution in [1.29, 1.82) is 0 Å². The number of ether oxygens (including phenoxy) is 3. The SMILES string of the molecule is COc1ccc([Si](C)(C)C(CCn2cc(CCO)nn2)[C@H]2Oc3ccccc3[C@@H](OC)[C@@H]2C)cc1. The van der Waals surface area contributed by atoms with Gasteiger partial charge in [0.15, 0.2) is 0 Å². The maximum atomic E-state index is 9.24. The molecule has 0 aliphatic carbocycles. The number of para-hydroxylation sites is 1. The van der Waals surface area contributed by atoms with Gasteiger partial charge in [-0.3, -0.25) is 4.68 Å². The first kappa shape index (κ1) is 25.4. The van der Waals surface area contributed by atoms with Crippen molar-refractivity contribution in [2.75, 3.05) is 20.8 Å². The van der Waals surface area contributed by atoms with Crippen LogP contribution in [0.4, 0.5) is 0 Å². The molecule has 1 unspecified atom stereocenters. The van der Waals surface area contributed by atoms with Gasteiger partial charge in [-0.05, 0) is 30.2 Å². The second-order valence-electron chi connectivity index (χ2n) is 9.93. The van der Waals surface area contributed by atoms with Crippen molar-refractivity contribution in [2.24, 2.45) is 5.92 Å². The lowest BCUT2D eigenvalue weighted by Gasteiger charge is -2.45. The fraction of sp³-hybridized carbons (Fsp3) is 0.481. The molecule has 1 N–H and O–H groups in total. The Morgan fingerprint density at radius 1 is 1.11 bits per heavy atom. The largest absolute Gasteiger partial charge is 0.497 e. The summed E-state index contributed by atoms with van der Waals surface area (Å²) in [4.78, 5) is 0. The van der Waals surface area contributed by atoms with Gasteiger partial charge in [0.2, 0.25) is 0 Å². The van der Waals surface area contributed by atoms with Gasteiger partial charge in [-0.1, -0.05) is 60.7 Å². The molecule has 1 aliphatic heterocycles. The monoisotopic (exact) mass is 495 g/mol. The van der Waals surface area contributed by atoms with E-state index < -0.39 is 8.07 Å². The molecule has 4 atom stereocenters. The Hall–Kier alpha value is -2.68. The van der Waals surface area contributed by atoms with E-state index in [1.165, 1.54) is 5.19 Å². The zero-order valence-corrected chi connectivity index (χ0v) is 22.3. The second kappa shape index (κ2) is 10.9. The van der Waals surface area contributed by atoms with Gasteiger partial charge in [-0.2, -0.15) is 0 Å². The lowest BCUT2D eigenvalue weighted by molar-refractivity contribution is -0.0234. The lowest BCUT2D eigenvalue weighted by atomic mass is 9.86. The standard InChI is InChI=1S/C27H37N3O4Si/c1-19-26(33-3)23-8-6-7-9-24(23)34-27(19)25(14-16-30-18-20(15-17-31)28-29-30)35(4,5)22-12-10-21(32-2)11-13-22/h6-13,18-19,25-27,31H,14-17H2,1-5H3/t19-,25?,26-,27-/m0/s1. The molecule has 0 saturated heterocycles. The number of aliphatic hydroxyl groups excluding tert-OH is 1. The average Bonchev–Trinajstić information content (AvgIpc) is 3.32. The number of aryl methyl sites for hydroxylation is 1. The second-order valence-corrected chi connectivity index (χ2v) is 14.7. The molecule has 8 heteroatoms. The van der Waals surface area contributed by atoms with E-state index in [2.05, 4.69) is 66.7 Å². The van der Waals surface area contributed by atoms with Gasteiger partial charge in [0.1, 0.15) is 17.6 Å². The minimum atomic E-state index is -2.04. The molecule has 188 valence electrons. The molecule has 35 heavy (non-hydrogen) atoms. The molecular weight excluding hydrogens is 458 g/mol. The molecule has 2 aromatic carbocycles. The van der Waals surface area contributed by atoms with E-state index >= 15 is 0 Å². The molecular formula is C27H37N3O4Si. The van der Waals surface area contributed by atoms with Crippen molar-refractivity contribution in [1.82, 2.24) is 15.0 Å². The van der Waals surface area contributed by atoms with Crippen LogP contribution in [0.2, 0.25) is 18.6 Å². The van der Waals surface area contributed by atoms with Gasteiger partial charge in [0.05, 0.1) is 27.0 Å². The van der Waals surface area contributed by atoms with E-state index in [9.17, 15) is 5.11 Å². The summed E-state index contributed by atoms with van der Waals surface area (Å²) < 4.78 is 20.1. The summed E-state index contributed by atoms with van der Waals surface area (Å²) in [5.41, 5.74) is 2.22. The molecule has 0 amide bonds. The number of hydrogen-bond acceptors (Lipinski definition) is 6. The van der Waals surface area contributed by atoms with Gasteiger partial charge in [-0.25, -0.2) is 0 Å². The molecule has 4 rings (SSSR count). The Balaban J connectivity index is 1.68. The number of rotatable bonds is 10. The quantitative estimate of drug-likeness (QED) is 0.429. The van der Waals surface area contributed by atoms with Crippen LogP contribution in [0.15, 0.2) is 54.7 Å². The van der Waals surface area contributed by atoms with Crippen LogP contribution in [0.25, 0.3) is 0 Å². The fourth-order valence-corrected chi connectivity index (χ4v) is 8.94. The molecule has 0 fully saturated rings. The first-order chi connectivity index (χ1) is 16.9. The Morgan fingerprint density at radius 2 is 1.86 bits per heavy atom. The fourth-order valence-electron chi connectivity index (χ4n) is 5.44. The minimum absolute atomic E-state index is 0.000878. The minimum Gasteiger partial charge on any atom is -0.497 e. The third-order valence-electron chi connectivity index (χ3n) is 7.52. The number of aromatic nitrogens is 3. The van der Waals surface area contributed by atoms with E-state index in [0.717, 1.165) is 35.7 Å². The number of hydrogen-bond donors (Lipinski definition) is 1. The van der Waals surface area contributed by atoms with Crippen LogP contribution in [-0.2, 0) is 17.7 Å². The highest BCUT2D eigenvalue weighted by molar-refractivity contribution is 6.91. The topological polar surface area (TPSA) is 78.6 Å². The summed E-state index contributed by atoms with van der Waals surface area (Å²) in [6.45, 7) is 7.91. The zero-order chi connectivity index (χ0) is 25.0. The van der Waals surface area contributed by atoms with Gasteiger partial charge < -0.3 is 19.3 Å². The molecule has 3 aromatic rings. The number of fused-ring (bicyclic) bond motifs is 1. The maximum absolute atomic E-state index is 9.24. The van der Waals surface area contributed by atoms with Crippen LogP contribution in [-0.4, -0.2) is 55.1 Å². The molecule has 7 nitrogen and oxygen atoms in total. The zero-order valence-electron chi connectivity index (χ0n) is 21.3. The average molecular weight is 496 g/mol. The summed E-state index contributed by atoms with van der Waals surface area (Å²) in [6, 6.07) is 16.8. The van der Waals surface area contributed by atoms with Crippen LogP contribution in [0.1, 0.15) is 30.7 Å². The van der Waals surface area contributed by atoms with E-state index in [4.69, 9.17) is 14.2 Å². The molecule has 0 radical (unpaired) electrons. The van der Waals surface area contributed by atoms with Crippen LogP contribution in [0, 0.1) is 5.92 Å². The van der Waals surface area contributed by atoms with Crippen molar-refractivity contribution in [2.45, 2.75) is 57.2 Å². The summed E-state index contributed by atoms with van der Waals surface area (Å²) in [7, 11) is 1.45. The Morgan fingerprint density at radius 3 is 2.54 bits per heavy atom. The van der Waals surface area contributed by atoms with Gasteiger partial charge in [0.25, 0.3) is 0 Å². The molecule has 0 saturated carbocycles. The van der Waals surface area contributed by atoms with Crippen molar-refractivity contribution in [3.8, 4) is 11.5 Å². The molecule has 2 heterocycles. The normalized spacial score (nSPS) is 20.7. The summed E-state index contributed by atoms with van der Waals surface area (Å²) in [6.07, 6.45) is 3.34. The number of benzene rings is 2. The number of aliphatic hydroxyl groups is 1. The maximum Gasteiger partial charge on any atom is 0.125 e. The van der Waals surface area contributed by atoms with E-state index in [1.807, 2.05) is 23.0 Å². The van der Waals surface area contributed by atoms with Crippen molar-refractivity contribution >= 4 is 13.3 Å². The van der Waals surface area contributed by atoms with Crippen LogP contribution < -0.4 is 14.7 Å². The van der Waals surface area contributed by atoms with Crippen molar-refractivity contribution in [3.05, 3.63) is 66.0 Å². The smallest absolute Gasteiger partial charge is 0.125 e. The van der Waals surface area contributed by atoms with Crippen molar-refractivity contribution < 1.29 is 19.3 Å². The van der Waals surface area contributed by atoms with E-state index in [-0.39, 0.29) is 24.7 Å². The lowest BCUT2D eigenvalue weighted by Crippen LogP contribution is -2.54. The van der Waals surface area contributed by atoms with E-state index in [1.54, 1.807) is 14.2 Å². The third-order valence-corrected chi connectivity index (χ3v) is 11.8. The first-order valence-corrected chi connectivity index (χ1v) is 15.4. The van der Waals surface area contributed by atoms with Gasteiger partial charge in [-0.15, -0.1) is 5.10 Å². The van der Waals surface area contributed by atoms with E-state index in [0.29, 0.717) is 12.0 Å². The molecule has 1 aliphatic rings. The first-order valence-electron chi connectivity index (χ1n) is 12.3. The Labute approximate surface area is 209 Å². The Kier molecular flexibility index (Phi) is 7.94. The highest BCUT2D eigenvalue weighted by atomic mass is 28.3. The highest BCUT2D eigenvalue weighted by Crippen LogP contribution is 2.47. The number of methoxy groups -OCH3 is 2. The predicted octanol–water partition coefficient (Wildman–Crippen LogP) is 3.98. The predicted molar refractivity (Wildman–Crippen MR) is 139 cm³/mol. The molecule has 0 spiro atoms. The summed E-state index contributed by atoms with van der Waals surface area (Å²) in [5.74, 6) is 1.97. The van der Waals surface area contributed by atoms with Crippen LogP contribution in [0.3, 0.4) is 0 Å².